The predicted molar refractivity (Wildman–Crippen MR) is 113 cm³/mol. The number of ether oxygens (including phenoxy) is 2. The highest BCUT2D eigenvalue weighted by Crippen LogP contribution is 2.34. The summed E-state index contributed by atoms with van der Waals surface area (Å²) in [6.45, 7) is 8.21. The Bertz CT molecular complexity index is 1040. The minimum Gasteiger partial charge on any atom is -0.465 e. The molecule has 2 aromatic heterocycles. The number of methoxy groups -OCH3 is 1. The predicted octanol–water partition coefficient (Wildman–Crippen LogP) is 3.02. The summed E-state index contributed by atoms with van der Waals surface area (Å²) >= 11 is 0.924. The number of aromatic nitrogens is 2. The maximum atomic E-state index is 12.8. The van der Waals surface area contributed by atoms with E-state index in [1.807, 2.05) is 0 Å². The van der Waals surface area contributed by atoms with E-state index in [0.717, 1.165) is 11.3 Å². The van der Waals surface area contributed by atoms with Crippen molar-refractivity contribution in [3.8, 4) is 0 Å². The zero-order valence-corrected chi connectivity index (χ0v) is 18.9. The van der Waals surface area contributed by atoms with E-state index in [1.165, 1.54) is 18.7 Å². The Kier molecular flexibility index (Phi) is 7.50. The first-order valence-corrected chi connectivity index (χ1v) is 10.2. The molecule has 0 fully saturated rings. The van der Waals surface area contributed by atoms with Gasteiger partial charge in [0.25, 0.3) is 0 Å². The van der Waals surface area contributed by atoms with Crippen LogP contribution in [0.25, 0.3) is 0 Å². The van der Waals surface area contributed by atoms with Gasteiger partial charge in [-0.3, -0.25) is 19.6 Å². The Morgan fingerprint density at radius 1 is 1.26 bits per heavy atom. The van der Waals surface area contributed by atoms with Crippen molar-refractivity contribution in [1.29, 1.82) is 0 Å². The van der Waals surface area contributed by atoms with Crippen LogP contribution >= 0.6 is 11.3 Å². The molecule has 2 rings (SSSR count). The number of anilines is 1. The molecule has 0 saturated heterocycles. The van der Waals surface area contributed by atoms with Crippen LogP contribution in [0.5, 0.6) is 0 Å². The SMILES string of the molecule is CCOC(=O)c1sc(NC(=O)C(C)Cn2nc(C)c([N+](=O)[O-])c2C)c(C(=O)OC)c1C. The van der Waals surface area contributed by atoms with Crippen LogP contribution in [0.2, 0.25) is 0 Å². The lowest BCUT2D eigenvalue weighted by Crippen LogP contribution is -2.25. The average Bonchev–Trinajstić information content (AvgIpc) is 3.16. The zero-order valence-electron chi connectivity index (χ0n) is 18.1. The van der Waals surface area contributed by atoms with Gasteiger partial charge >= 0.3 is 17.6 Å². The van der Waals surface area contributed by atoms with Crippen molar-refractivity contribution in [3.05, 3.63) is 37.5 Å². The molecule has 1 amide bonds. The van der Waals surface area contributed by atoms with Gasteiger partial charge in [0.2, 0.25) is 5.91 Å². The summed E-state index contributed by atoms with van der Waals surface area (Å²) in [4.78, 5) is 48.1. The lowest BCUT2D eigenvalue weighted by atomic mass is 10.1. The number of nitrogens with zero attached hydrogens (tertiary/aromatic N) is 3. The highest BCUT2D eigenvalue weighted by atomic mass is 32.1. The van der Waals surface area contributed by atoms with Gasteiger partial charge in [0.05, 0.1) is 36.7 Å². The van der Waals surface area contributed by atoms with Gasteiger partial charge in [-0.15, -0.1) is 11.3 Å². The van der Waals surface area contributed by atoms with Crippen LogP contribution in [0.4, 0.5) is 10.7 Å². The van der Waals surface area contributed by atoms with Crippen molar-refractivity contribution < 1.29 is 28.8 Å². The lowest BCUT2D eigenvalue weighted by Gasteiger charge is -2.13. The van der Waals surface area contributed by atoms with Gasteiger partial charge in [0.1, 0.15) is 21.3 Å². The summed E-state index contributed by atoms with van der Waals surface area (Å²) in [5.74, 6) is -2.38. The second kappa shape index (κ2) is 9.69. The van der Waals surface area contributed by atoms with E-state index in [2.05, 4.69) is 10.4 Å². The second-order valence-corrected chi connectivity index (χ2v) is 7.84. The van der Waals surface area contributed by atoms with E-state index >= 15 is 0 Å². The van der Waals surface area contributed by atoms with E-state index in [9.17, 15) is 24.5 Å². The Hall–Kier alpha value is -3.28. The number of thiophene rings is 1. The molecular weight excluding hydrogens is 428 g/mol. The van der Waals surface area contributed by atoms with Crippen LogP contribution in [0, 0.1) is 36.8 Å². The second-order valence-electron chi connectivity index (χ2n) is 6.82. The third-order valence-electron chi connectivity index (χ3n) is 4.65. The molecule has 0 bridgehead atoms. The van der Waals surface area contributed by atoms with E-state index in [0.29, 0.717) is 11.3 Å². The first-order valence-electron chi connectivity index (χ1n) is 9.41. The van der Waals surface area contributed by atoms with Gasteiger partial charge in [-0.25, -0.2) is 9.59 Å². The van der Waals surface area contributed by atoms with Crippen molar-refractivity contribution >= 4 is 39.9 Å². The van der Waals surface area contributed by atoms with Crippen molar-refractivity contribution in [1.82, 2.24) is 9.78 Å². The maximum Gasteiger partial charge on any atom is 0.348 e. The van der Waals surface area contributed by atoms with Crippen LogP contribution in [0.1, 0.15) is 50.8 Å². The standard InChI is InChI=1S/C19H24N4O7S/c1-7-30-19(26)15-10(3)13(18(25)29-6)17(31-15)20-16(24)9(2)8-22-12(5)14(23(27)28)11(4)21-22/h9H,7-8H2,1-6H3,(H,20,24). The smallest absolute Gasteiger partial charge is 0.348 e. The Balaban J connectivity index is 2.29. The summed E-state index contributed by atoms with van der Waals surface area (Å²) in [6.07, 6.45) is 0. The molecule has 0 radical (unpaired) electrons. The highest BCUT2D eigenvalue weighted by molar-refractivity contribution is 7.18. The van der Waals surface area contributed by atoms with E-state index in [4.69, 9.17) is 9.47 Å². The first-order chi connectivity index (χ1) is 14.5. The lowest BCUT2D eigenvalue weighted by molar-refractivity contribution is -0.386. The number of aryl methyl sites for hydroxylation is 1. The number of carbonyl (C=O) groups excluding carboxylic acids is 3. The average molecular weight is 452 g/mol. The third-order valence-corrected chi connectivity index (χ3v) is 5.84. The molecule has 0 aliphatic rings. The van der Waals surface area contributed by atoms with Crippen LogP contribution in [0.3, 0.4) is 0 Å². The molecule has 11 nitrogen and oxygen atoms in total. The molecule has 2 aromatic rings. The molecular formula is C19H24N4O7S. The fraction of sp³-hybridized carbons (Fsp3) is 0.474. The van der Waals surface area contributed by atoms with Crippen molar-refractivity contribution in [3.63, 3.8) is 0 Å². The molecule has 0 spiro atoms. The molecule has 0 saturated carbocycles. The number of nitrogens with one attached hydrogen (secondary N) is 1. The number of esters is 2. The van der Waals surface area contributed by atoms with Gasteiger partial charge < -0.3 is 14.8 Å². The minimum absolute atomic E-state index is 0.0813. The molecule has 1 unspecified atom stereocenters. The van der Waals surface area contributed by atoms with Crippen molar-refractivity contribution in [2.24, 2.45) is 5.92 Å². The van der Waals surface area contributed by atoms with E-state index in [-0.39, 0.29) is 40.0 Å². The Morgan fingerprint density at radius 2 is 1.90 bits per heavy atom. The number of amides is 1. The topological polar surface area (TPSA) is 143 Å². The Morgan fingerprint density at radius 3 is 2.42 bits per heavy atom. The summed E-state index contributed by atoms with van der Waals surface area (Å²) in [5.41, 5.74) is 0.948. The number of hydrogen-bond acceptors (Lipinski definition) is 9. The number of nitro groups is 1. The van der Waals surface area contributed by atoms with Gasteiger partial charge in [0, 0.05) is 0 Å². The fourth-order valence-electron chi connectivity index (χ4n) is 3.05. The van der Waals surface area contributed by atoms with E-state index < -0.39 is 28.7 Å². The first kappa shape index (κ1) is 24.0. The fourth-order valence-corrected chi connectivity index (χ4v) is 4.14. The summed E-state index contributed by atoms with van der Waals surface area (Å²) < 4.78 is 11.2. The molecule has 1 atom stereocenters. The van der Waals surface area contributed by atoms with Crippen molar-refractivity contribution in [2.45, 2.75) is 41.2 Å². The van der Waals surface area contributed by atoms with Gasteiger partial charge in [-0.1, -0.05) is 6.92 Å². The highest BCUT2D eigenvalue weighted by Gasteiger charge is 2.29. The summed E-state index contributed by atoms with van der Waals surface area (Å²) in [5, 5.41) is 18.2. The van der Waals surface area contributed by atoms with Crippen molar-refractivity contribution in [2.75, 3.05) is 19.0 Å². The molecule has 0 aromatic carbocycles. The normalized spacial score (nSPS) is 11.7. The van der Waals surface area contributed by atoms with E-state index in [1.54, 1.807) is 27.7 Å². The van der Waals surface area contributed by atoms with Crippen LogP contribution < -0.4 is 5.32 Å². The van der Waals surface area contributed by atoms with Gasteiger partial charge in [-0.05, 0) is 33.3 Å². The van der Waals surface area contributed by atoms with Gasteiger partial charge in [0.15, 0.2) is 0 Å². The molecule has 12 heteroatoms. The number of hydrogen-bond donors (Lipinski definition) is 1. The molecule has 0 aliphatic carbocycles. The van der Waals surface area contributed by atoms with Crippen LogP contribution in [0.15, 0.2) is 0 Å². The summed E-state index contributed by atoms with van der Waals surface area (Å²) in [7, 11) is 1.20. The molecule has 0 aliphatic heterocycles. The van der Waals surface area contributed by atoms with Crippen LogP contribution in [-0.4, -0.2) is 46.3 Å². The van der Waals surface area contributed by atoms with Crippen LogP contribution in [-0.2, 0) is 20.8 Å². The maximum absolute atomic E-state index is 12.8. The molecule has 1 N–H and O–H groups in total. The zero-order chi connectivity index (χ0) is 23.5. The Labute approximate surface area is 182 Å². The number of carbonyl (C=O) groups is 3. The summed E-state index contributed by atoms with van der Waals surface area (Å²) in [6, 6.07) is 0. The molecule has 31 heavy (non-hydrogen) atoms. The molecule has 2 heterocycles. The monoisotopic (exact) mass is 452 g/mol. The molecule has 168 valence electrons. The minimum atomic E-state index is -0.693. The quantitative estimate of drug-likeness (QED) is 0.366. The van der Waals surface area contributed by atoms with Gasteiger partial charge in [-0.2, -0.15) is 5.10 Å². The third kappa shape index (κ3) is 4.90. The number of rotatable bonds is 8. The largest absolute Gasteiger partial charge is 0.465 e.